The Labute approximate surface area is 152 Å². The Kier molecular flexibility index (Phi) is 7.16. The number of carbonyl (C=O) groups is 1. The molecule has 1 atom stereocenters. The Bertz CT molecular complexity index is 566. The Morgan fingerprint density at radius 1 is 1.42 bits per heavy atom. The fraction of sp³-hybridized carbons (Fsp3) is 0.588. The van der Waals surface area contributed by atoms with E-state index in [1.54, 1.807) is 17.0 Å². The highest BCUT2D eigenvalue weighted by Gasteiger charge is 2.40. The van der Waals surface area contributed by atoms with Gasteiger partial charge in [0.25, 0.3) is 0 Å². The summed E-state index contributed by atoms with van der Waals surface area (Å²) in [5, 5.41) is 10.4. The molecule has 1 unspecified atom stereocenters. The van der Waals surface area contributed by atoms with Gasteiger partial charge in [0, 0.05) is 19.6 Å². The molecule has 1 N–H and O–H groups in total. The summed E-state index contributed by atoms with van der Waals surface area (Å²) in [6, 6.07) is 5.24. The van der Waals surface area contributed by atoms with Gasteiger partial charge in [0.05, 0.1) is 29.8 Å². The standard InChI is InChI=1S/C17H23Cl2NO4/c1-2-3-9-23-16(22)20-7-10-24-17(12-20,6-8-21)13-4-5-14(18)15(19)11-13/h4-5,11,21H,2-3,6-10,12H2,1H3. The van der Waals surface area contributed by atoms with Crippen LogP contribution in [0.4, 0.5) is 4.79 Å². The van der Waals surface area contributed by atoms with Crippen LogP contribution in [0.25, 0.3) is 0 Å². The molecule has 2 rings (SSSR count). The Balaban J connectivity index is 2.18. The number of nitrogens with zero attached hydrogens (tertiary/aromatic N) is 1. The van der Waals surface area contributed by atoms with Crippen LogP contribution in [0.3, 0.4) is 0 Å². The van der Waals surface area contributed by atoms with Gasteiger partial charge >= 0.3 is 6.09 Å². The zero-order valence-corrected chi connectivity index (χ0v) is 15.3. The molecule has 0 saturated carbocycles. The highest BCUT2D eigenvalue weighted by Crippen LogP contribution is 2.36. The predicted molar refractivity (Wildman–Crippen MR) is 93.6 cm³/mol. The van der Waals surface area contributed by atoms with Gasteiger partial charge in [-0.1, -0.05) is 42.6 Å². The van der Waals surface area contributed by atoms with Crippen molar-refractivity contribution >= 4 is 29.3 Å². The molecule has 0 bridgehead atoms. The molecule has 0 aliphatic carbocycles. The van der Waals surface area contributed by atoms with E-state index < -0.39 is 5.60 Å². The molecule has 7 heteroatoms. The summed E-state index contributed by atoms with van der Waals surface area (Å²) in [7, 11) is 0. The van der Waals surface area contributed by atoms with Gasteiger partial charge in [-0.05, 0) is 24.1 Å². The minimum absolute atomic E-state index is 0.0705. The maximum absolute atomic E-state index is 12.3. The van der Waals surface area contributed by atoms with Crippen LogP contribution in [0.2, 0.25) is 10.0 Å². The first-order valence-corrected chi connectivity index (χ1v) is 8.90. The van der Waals surface area contributed by atoms with Crippen molar-refractivity contribution in [1.82, 2.24) is 4.90 Å². The number of benzene rings is 1. The second kappa shape index (κ2) is 8.90. The minimum atomic E-state index is -0.814. The molecule has 1 fully saturated rings. The second-order valence-electron chi connectivity index (χ2n) is 5.83. The van der Waals surface area contributed by atoms with E-state index in [9.17, 15) is 9.90 Å². The number of halogens is 2. The minimum Gasteiger partial charge on any atom is -0.449 e. The van der Waals surface area contributed by atoms with E-state index in [1.165, 1.54) is 0 Å². The summed E-state index contributed by atoms with van der Waals surface area (Å²) in [5.41, 5.74) is -0.0256. The van der Waals surface area contributed by atoms with Crippen molar-refractivity contribution in [2.24, 2.45) is 0 Å². The number of rotatable bonds is 6. The first-order valence-electron chi connectivity index (χ1n) is 8.14. The smallest absolute Gasteiger partial charge is 0.409 e. The lowest BCUT2D eigenvalue weighted by atomic mass is 9.88. The van der Waals surface area contributed by atoms with Crippen LogP contribution in [0.1, 0.15) is 31.7 Å². The molecule has 1 aliphatic heterocycles. The normalized spacial score (nSPS) is 20.9. The molecule has 1 heterocycles. The van der Waals surface area contributed by atoms with E-state index in [1.807, 2.05) is 13.0 Å². The summed E-state index contributed by atoms with van der Waals surface area (Å²) in [5.74, 6) is 0. The van der Waals surface area contributed by atoms with Gasteiger partial charge in [-0.3, -0.25) is 0 Å². The summed E-state index contributed by atoms with van der Waals surface area (Å²) in [4.78, 5) is 13.9. The van der Waals surface area contributed by atoms with Crippen LogP contribution in [0, 0.1) is 0 Å². The molecule has 1 aromatic rings. The number of carbonyl (C=O) groups excluding carboxylic acids is 1. The van der Waals surface area contributed by atoms with Gasteiger partial charge in [0.2, 0.25) is 0 Å². The highest BCUT2D eigenvalue weighted by atomic mass is 35.5. The lowest BCUT2D eigenvalue weighted by Gasteiger charge is -2.42. The van der Waals surface area contributed by atoms with E-state index in [0.717, 1.165) is 18.4 Å². The molecule has 1 saturated heterocycles. The molecule has 24 heavy (non-hydrogen) atoms. The SMILES string of the molecule is CCCCOC(=O)N1CCOC(CCO)(c2ccc(Cl)c(Cl)c2)C1. The van der Waals surface area contributed by atoms with E-state index in [-0.39, 0.29) is 12.7 Å². The third kappa shape index (κ3) is 4.54. The molecule has 1 aliphatic rings. The van der Waals surface area contributed by atoms with Crippen molar-refractivity contribution in [2.75, 3.05) is 32.9 Å². The van der Waals surface area contributed by atoms with Crippen molar-refractivity contribution in [3.05, 3.63) is 33.8 Å². The van der Waals surface area contributed by atoms with Gasteiger partial charge < -0.3 is 19.5 Å². The molecular weight excluding hydrogens is 353 g/mol. The topological polar surface area (TPSA) is 59.0 Å². The van der Waals surface area contributed by atoms with Crippen LogP contribution in [-0.2, 0) is 15.1 Å². The zero-order valence-electron chi connectivity index (χ0n) is 13.8. The number of unbranched alkanes of at least 4 members (excludes halogenated alkanes) is 1. The molecule has 5 nitrogen and oxygen atoms in total. The third-order valence-corrected chi connectivity index (χ3v) is 4.87. The first kappa shape index (κ1) is 19.3. The van der Waals surface area contributed by atoms with Gasteiger partial charge in [-0.15, -0.1) is 0 Å². The Morgan fingerprint density at radius 3 is 2.88 bits per heavy atom. The predicted octanol–water partition coefficient (Wildman–Crippen LogP) is 3.84. The fourth-order valence-electron chi connectivity index (χ4n) is 2.77. The number of aliphatic hydroxyl groups excluding tert-OH is 1. The quantitative estimate of drug-likeness (QED) is 0.767. The number of amides is 1. The number of morpholine rings is 1. The van der Waals surface area contributed by atoms with Gasteiger partial charge in [0.1, 0.15) is 5.60 Å². The first-order chi connectivity index (χ1) is 11.5. The average molecular weight is 376 g/mol. The third-order valence-electron chi connectivity index (χ3n) is 4.13. The maximum Gasteiger partial charge on any atom is 0.409 e. The summed E-state index contributed by atoms with van der Waals surface area (Å²) in [6.07, 6.45) is 1.80. The monoisotopic (exact) mass is 375 g/mol. The molecule has 1 amide bonds. The van der Waals surface area contributed by atoms with Gasteiger partial charge in [-0.2, -0.15) is 0 Å². The zero-order chi connectivity index (χ0) is 17.6. The number of ether oxygens (including phenoxy) is 2. The van der Waals surface area contributed by atoms with E-state index >= 15 is 0 Å². The molecular formula is C17H23Cl2NO4. The highest BCUT2D eigenvalue weighted by molar-refractivity contribution is 6.42. The summed E-state index contributed by atoms with van der Waals surface area (Å²) in [6.45, 7) is 3.50. The second-order valence-corrected chi connectivity index (χ2v) is 6.65. The van der Waals surface area contributed by atoms with Crippen LogP contribution in [0.15, 0.2) is 18.2 Å². The van der Waals surface area contributed by atoms with E-state index in [0.29, 0.717) is 42.8 Å². The lowest BCUT2D eigenvalue weighted by Crippen LogP contribution is -2.52. The number of aliphatic hydroxyl groups is 1. The summed E-state index contributed by atoms with van der Waals surface area (Å²) >= 11 is 12.1. The average Bonchev–Trinajstić information content (AvgIpc) is 2.58. The van der Waals surface area contributed by atoms with Crippen LogP contribution < -0.4 is 0 Å². The van der Waals surface area contributed by atoms with Gasteiger partial charge in [-0.25, -0.2) is 4.79 Å². The van der Waals surface area contributed by atoms with Crippen LogP contribution in [-0.4, -0.2) is 49.0 Å². The Hall–Kier alpha value is -1.01. The van der Waals surface area contributed by atoms with Crippen molar-refractivity contribution in [1.29, 1.82) is 0 Å². The molecule has 0 radical (unpaired) electrons. The maximum atomic E-state index is 12.3. The van der Waals surface area contributed by atoms with Crippen molar-refractivity contribution in [2.45, 2.75) is 31.8 Å². The molecule has 1 aromatic carbocycles. The van der Waals surface area contributed by atoms with E-state index in [4.69, 9.17) is 32.7 Å². The summed E-state index contributed by atoms with van der Waals surface area (Å²) < 4.78 is 11.3. The fourth-order valence-corrected chi connectivity index (χ4v) is 3.06. The van der Waals surface area contributed by atoms with Crippen LogP contribution in [0.5, 0.6) is 0 Å². The number of hydrogen-bond donors (Lipinski definition) is 1. The van der Waals surface area contributed by atoms with Crippen molar-refractivity contribution in [3.8, 4) is 0 Å². The molecule has 0 spiro atoms. The van der Waals surface area contributed by atoms with Crippen LogP contribution >= 0.6 is 23.2 Å². The molecule has 0 aromatic heterocycles. The molecule has 134 valence electrons. The Morgan fingerprint density at radius 2 is 2.21 bits per heavy atom. The van der Waals surface area contributed by atoms with E-state index in [2.05, 4.69) is 0 Å². The largest absolute Gasteiger partial charge is 0.449 e. The van der Waals surface area contributed by atoms with Crippen molar-refractivity contribution < 1.29 is 19.4 Å². The van der Waals surface area contributed by atoms with Gasteiger partial charge in [0.15, 0.2) is 0 Å². The van der Waals surface area contributed by atoms with Crippen molar-refractivity contribution in [3.63, 3.8) is 0 Å². The number of hydrogen-bond acceptors (Lipinski definition) is 4. The lowest BCUT2D eigenvalue weighted by molar-refractivity contribution is -0.119.